The van der Waals surface area contributed by atoms with Gasteiger partial charge in [0.1, 0.15) is 0 Å². The van der Waals surface area contributed by atoms with Crippen molar-refractivity contribution in [1.82, 2.24) is 4.31 Å². The van der Waals surface area contributed by atoms with E-state index in [0.29, 0.717) is 11.3 Å². The number of nitrogens with zero attached hydrogens (tertiary/aromatic N) is 1. The summed E-state index contributed by atoms with van der Waals surface area (Å²) in [5.41, 5.74) is 0.822. The molecular formula is C6H9NO3S. The van der Waals surface area contributed by atoms with E-state index in [1.807, 2.05) is 0 Å². The zero-order valence-electron chi connectivity index (χ0n) is 6.58. The van der Waals surface area contributed by atoms with E-state index in [9.17, 15) is 13.2 Å². The highest BCUT2D eigenvalue weighted by molar-refractivity contribution is 8.05. The molecule has 62 valence electrons. The second-order valence-electron chi connectivity index (χ2n) is 2.47. The molecule has 4 nitrogen and oxygen atoms in total. The van der Waals surface area contributed by atoms with E-state index in [4.69, 9.17) is 0 Å². The predicted molar refractivity (Wildman–Crippen MR) is 40.1 cm³/mol. The van der Waals surface area contributed by atoms with Crippen molar-refractivity contribution in [3.05, 3.63) is 11.3 Å². The van der Waals surface area contributed by atoms with Gasteiger partial charge in [-0.2, -0.15) is 8.42 Å². The summed E-state index contributed by atoms with van der Waals surface area (Å²) >= 11 is 0. The molecule has 0 spiro atoms. The van der Waals surface area contributed by atoms with Crippen molar-refractivity contribution in [2.45, 2.75) is 13.8 Å². The minimum absolute atomic E-state index is 0.313. The monoisotopic (exact) mass is 175 g/mol. The van der Waals surface area contributed by atoms with Crippen LogP contribution in [0.2, 0.25) is 0 Å². The number of hydrogen-bond donors (Lipinski definition) is 0. The Kier molecular flexibility index (Phi) is 1.56. The second kappa shape index (κ2) is 2.07. The van der Waals surface area contributed by atoms with Crippen LogP contribution in [0.5, 0.6) is 0 Å². The smallest absolute Gasteiger partial charge is 0.274 e. The van der Waals surface area contributed by atoms with E-state index in [1.54, 1.807) is 6.92 Å². The Bertz CT molecular complexity index is 339. The van der Waals surface area contributed by atoms with E-state index >= 15 is 0 Å². The van der Waals surface area contributed by atoms with Crippen LogP contribution in [0.15, 0.2) is 11.3 Å². The van der Waals surface area contributed by atoms with Gasteiger partial charge in [-0.25, -0.2) is 0 Å². The summed E-state index contributed by atoms with van der Waals surface area (Å²) in [6.45, 7) is 3.12. The summed E-state index contributed by atoms with van der Waals surface area (Å²) in [6, 6.07) is 0. The largest absolute Gasteiger partial charge is 0.302 e. The molecule has 5 heteroatoms. The number of hydrogen-bond acceptors (Lipinski definition) is 3. The Morgan fingerprint density at radius 3 is 1.82 bits per heavy atom. The van der Waals surface area contributed by atoms with Crippen molar-refractivity contribution < 1.29 is 13.2 Å². The Morgan fingerprint density at radius 2 is 1.73 bits per heavy atom. The first kappa shape index (κ1) is 8.26. The van der Waals surface area contributed by atoms with Gasteiger partial charge < -0.3 is 0 Å². The van der Waals surface area contributed by atoms with Crippen molar-refractivity contribution in [3.8, 4) is 0 Å². The van der Waals surface area contributed by atoms with Crippen molar-refractivity contribution >= 4 is 15.1 Å². The molecule has 0 aliphatic carbocycles. The minimum atomic E-state index is -3.68. The zero-order valence-corrected chi connectivity index (χ0v) is 7.40. The summed E-state index contributed by atoms with van der Waals surface area (Å²) in [5.74, 6) is 0. The fraction of sp³-hybridized carbons (Fsp3) is 0.500. The number of carbonyl (C=O) groups excluding carboxylic acids is 1. The van der Waals surface area contributed by atoms with E-state index < -0.39 is 15.1 Å². The molecule has 1 rings (SSSR count). The Morgan fingerprint density at radius 1 is 1.27 bits per heavy atom. The molecule has 0 radical (unpaired) electrons. The summed E-state index contributed by atoms with van der Waals surface area (Å²) < 4.78 is 23.1. The average molecular weight is 175 g/mol. The molecule has 0 atom stereocenters. The fourth-order valence-electron chi connectivity index (χ4n) is 0.882. The molecule has 0 N–H and O–H groups in total. The van der Waals surface area contributed by atoms with Crippen LogP contribution in [0, 0.1) is 0 Å². The van der Waals surface area contributed by atoms with Gasteiger partial charge in [-0.05, 0) is 13.8 Å². The lowest BCUT2D eigenvalue weighted by Crippen LogP contribution is -2.23. The Balaban J connectivity index is 3.36. The molecule has 0 fully saturated rings. The molecule has 1 aliphatic rings. The average Bonchev–Trinajstić information content (AvgIpc) is 2.06. The van der Waals surface area contributed by atoms with Crippen molar-refractivity contribution in [3.63, 3.8) is 0 Å². The van der Waals surface area contributed by atoms with Crippen LogP contribution in [0.1, 0.15) is 13.8 Å². The van der Waals surface area contributed by atoms with Crippen LogP contribution in [-0.2, 0) is 14.8 Å². The van der Waals surface area contributed by atoms with E-state index in [-0.39, 0.29) is 0 Å². The summed E-state index contributed by atoms with van der Waals surface area (Å²) in [4.78, 5) is 11.0. The van der Waals surface area contributed by atoms with Gasteiger partial charge in [0.2, 0.25) is 0 Å². The molecule has 0 unspecified atom stereocenters. The first-order valence-corrected chi connectivity index (χ1v) is 4.54. The van der Waals surface area contributed by atoms with Crippen LogP contribution >= 0.6 is 0 Å². The maximum absolute atomic E-state index is 11.0. The molecule has 0 aromatic heterocycles. The van der Waals surface area contributed by atoms with Crippen LogP contribution < -0.4 is 0 Å². The van der Waals surface area contributed by atoms with Gasteiger partial charge >= 0.3 is 10.0 Å². The lowest BCUT2D eigenvalue weighted by molar-refractivity contribution is -0.108. The summed E-state index contributed by atoms with van der Waals surface area (Å²) in [5, 5.41) is -0.780. The first-order chi connectivity index (χ1) is 4.89. The van der Waals surface area contributed by atoms with Crippen LogP contribution in [-0.4, -0.2) is 24.9 Å². The van der Waals surface area contributed by atoms with E-state index in [0.717, 1.165) is 4.31 Å². The quantitative estimate of drug-likeness (QED) is 0.524. The lowest BCUT2D eigenvalue weighted by Gasteiger charge is -2.09. The number of sulfonamides is 1. The van der Waals surface area contributed by atoms with Gasteiger partial charge in [-0.1, -0.05) is 0 Å². The SMILES string of the molecule is CC1=C(C)N(C)S(=O)(=O)C1=O. The highest BCUT2D eigenvalue weighted by Gasteiger charge is 2.37. The standard InChI is InChI=1S/C6H9NO3S/c1-4-5(2)7(3)11(9,10)6(4)8/h1-3H3. The molecule has 1 heterocycles. The van der Waals surface area contributed by atoms with Crippen molar-refractivity contribution in [2.24, 2.45) is 0 Å². The highest BCUT2D eigenvalue weighted by Crippen LogP contribution is 2.23. The van der Waals surface area contributed by atoms with Crippen molar-refractivity contribution in [1.29, 1.82) is 0 Å². The molecule has 11 heavy (non-hydrogen) atoms. The normalized spacial score (nSPS) is 23.2. The Hall–Kier alpha value is -0.840. The summed E-state index contributed by atoms with van der Waals surface area (Å²) in [6.07, 6.45) is 0. The van der Waals surface area contributed by atoms with Crippen LogP contribution in [0.25, 0.3) is 0 Å². The maximum Gasteiger partial charge on any atom is 0.302 e. The number of carbonyl (C=O) groups is 1. The van der Waals surface area contributed by atoms with Gasteiger partial charge in [-0.15, -0.1) is 0 Å². The second-order valence-corrected chi connectivity index (χ2v) is 4.34. The minimum Gasteiger partial charge on any atom is -0.274 e. The number of allylic oxidation sites excluding steroid dienone is 1. The molecule has 0 aromatic rings. The maximum atomic E-state index is 11.0. The van der Waals surface area contributed by atoms with Gasteiger partial charge in [0.05, 0.1) is 0 Å². The Labute approximate surface area is 65.6 Å². The number of rotatable bonds is 0. The third-order valence-electron chi connectivity index (χ3n) is 1.92. The highest BCUT2D eigenvalue weighted by atomic mass is 32.2. The fourth-order valence-corrected chi connectivity index (χ4v) is 2.16. The van der Waals surface area contributed by atoms with Crippen LogP contribution in [0.4, 0.5) is 0 Å². The molecular weight excluding hydrogens is 166 g/mol. The zero-order chi connectivity index (χ0) is 8.81. The van der Waals surface area contributed by atoms with Gasteiger partial charge in [0, 0.05) is 18.3 Å². The molecule has 0 saturated carbocycles. The third-order valence-corrected chi connectivity index (χ3v) is 3.69. The van der Waals surface area contributed by atoms with Gasteiger partial charge in [0.25, 0.3) is 5.12 Å². The predicted octanol–water partition coefficient (Wildman–Crippen LogP) is 0.0821. The summed E-state index contributed by atoms with van der Waals surface area (Å²) in [7, 11) is -2.31. The molecule has 0 bridgehead atoms. The molecule has 1 aliphatic heterocycles. The third kappa shape index (κ3) is 0.875. The lowest BCUT2D eigenvalue weighted by atomic mass is 10.3. The van der Waals surface area contributed by atoms with E-state index in [2.05, 4.69) is 0 Å². The van der Waals surface area contributed by atoms with Crippen LogP contribution in [0.3, 0.4) is 0 Å². The van der Waals surface area contributed by atoms with E-state index in [1.165, 1.54) is 14.0 Å². The molecule has 0 aromatic carbocycles. The first-order valence-electron chi connectivity index (χ1n) is 3.09. The van der Waals surface area contributed by atoms with Crippen molar-refractivity contribution in [2.75, 3.05) is 7.05 Å². The molecule has 0 saturated heterocycles. The topological polar surface area (TPSA) is 54.5 Å². The molecule has 0 amide bonds. The van der Waals surface area contributed by atoms with Gasteiger partial charge in [-0.3, -0.25) is 9.10 Å². The van der Waals surface area contributed by atoms with Gasteiger partial charge in [0.15, 0.2) is 0 Å².